The molecule has 1 aromatic carbocycles. The van der Waals surface area contributed by atoms with Crippen molar-refractivity contribution >= 4 is 29.3 Å². The van der Waals surface area contributed by atoms with Gasteiger partial charge >= 0.3 is 5.97 Å². The fraction of sp³-hybridized carbons (Fsp3) is 0.393. The van der Waals surface area contributed by atoms with Crippen LogP contribution in [0.1, 0.15) is 31.2 Å². The SMILES string of the molecule is CCOC(=O)C1=C(C)N=c2s/c(=C/c3ccc(N4CCN(C)CC4)o3)c(=O)n2[C@@H]1c1cc(OC)ccc1OC. The van der Waals surface area contributed by atoms with E-state index in [-0.39, 0.29) is 17.7 Å². The minimum Gasteiger partial charge on any atom is -0.497 e. The van der Waals surface area contributed by atoms with Crippen LogP contribution < -0.4 is 29.3 Å². The number of thiazole rings is 1. The summed E-state index contributed by atoms with van der Waals surface area (Å²) in [5.74, 6) is 1.89. The summed E-state index contributed by atoms with van der Waals surface area (Å²) in [5, 5.41) is 0. The van der Waals surface area contributed by atoms with Gasteiger partial charge in [-0.15, -0.1) is 0 Å². The number of hydrogen-bond donors (Lipinski definition) is 0. The largest absolute Gasteiger partial charge is 0.497 e. The summed E-state index contributed by atoms with van der Waals surface area (Å²) in [6.45, 7) is 7.36. The first-order chi connectivity index (χ1) is 18.8. The smallest absolute Gasteiger partial charge is 0.338 e. The molecule has 0 saturated carbocycles. The summed E-state index contributed by atoms with van der Waals surface area (Å²) in [6, 6.07) is 8.27. The first-order valence-electron chi connectivity index (χ1n) is 12.8. The third kappa shape index (κ3) is 5.11. The monoisotopic (exact) mass is 552 g/mol. The average molecular weight is 553 g/mol. The van der Waals surface area contributed by atoms with E-state index in [1.54, 1.807) is 52.3 Å². The van der Waals surface area contributed by atoms with Gasteiger partial charge in [0.2, 0.25) is 0 Å². The number of anilines is 1. The first kappa shape index (κ1) is 26.8. The van der Waals surface area contributed by atoms with Crippen molar-refractivity contribution in [3.63, 3.8) is 0 Å². The molecule has 0 radical (unpaired) electrons. The van der Waals surface area contributed by atoms with Gasteiger partial charge in [0.25, 0.3) is 5.56 Å². The van der Waals surface area contributed by atoms with Crippen molar-refractivity contribution in [3.8, 4) is 11.5 Å². The van der Waals surface area contributed by atoms with Crippen molar-refractivity contribution in [3.05, 3.63) is 72.6 Å². The van der Waals surface area contributed by atoms with Crippen LogP contribution in [0.15, 0.2) is 55.8 Å². The minimum absolute atomic E-state index is 0.191. The van der Waals surface area contributed by atoms with Crippen LogP contribution in [0.2, 0.25) is 0 Å². The van der Waals surface area contributed by atoms with Gasteiger partial charge in [-0.25, -0.2) is 9.79 Å². The van der Waals surface area contributed by atoms with Crippen molar-refractivity contribution in [2.45, 2.75) is 19.9 Å². The Morgan fingerprint density at radius 2 is 1.92 bits per heavy atom. The number of methoxy groups -OCH3 is 2. The standard InChI is InChI=1S/C28H32N4O6S/c1-6-37-27(34)24-17(2)29-28-32(25(24)20-15-18(35-4)7-9-21(20)36-5)26(33)22(39-28)16-19-8-10-23(38-19)31-13-11-30(3)12-14-31/h7-10,15-16,25H,6,11-14H2,1-5H3/b22-16+/t25-/m1/s1. The van der Waals surface area contributed by atoms with E-state index in [4.69, 9.17) is 18.6 Å². The molecule has 0 N–H and O–H groups in total. The second-order valence-corrected chi connectivity index (χ2v) is 10.4. The Bertz CT molecular complexity index is 1590. The van der Waals surface area contributed by atoms with Gasteiger partial charge in [0.15, 0.2) is 10.7 Å². The number of fused-ring (bicyclic) bond motifs is 1. The van der Waals surface area contributed by atoms with E-state index in [0.29, 0.717) is 37.9 Å². The van der Waals surface area contributed by atoms with Gasteiger partial charge in [0.05, 0.1) is 36.6 Å². The van der Waals surface area contributed by atoms with Gasteiger partial charge in [0.1, 0.15) is 23.3 Å². The zero-order valence-corrected chi connectivity index (χ0v) is 23.5. The first-order valence-corrected chi connectivity index (χ1v) is 13.6. The van der Waals surface area contributed by atoms with Crippen LogP contribution in [-0.2, 0) is 9.53 Å². The number of esters is 1. The summed E-state index contributed by atoms with van der Waals surface area (Å²) in [4.78, 5) is 36.7. The molecule has 2 aromatic heterocycles. The van der Waals surface area contributed by atoms with E-state index < -0.39 is 12.0 Å². The van der Waals surface area contributed by atoms with Gasteiger partial charge < -0.3 is 28.4 Å². The Morgan fingerprint density at radius 1 is 1.15 bits per heavy atom. The van der Waals surface area contributed by atoms with Crippen LogP contribution in [0.25, 0.3) is 6.08 Å². The van der Waals surface area contributed by atoms with Gasteiger partial charge in [-0.2, -0.15) is 0 Å². The highest BCUT2D eigenvalue weighted by molar-refractivity contribution is 7.07. The molecule has 0 aliphatic carbocycles. The lowest BCUT2D eigenvalue weighted by Crippen LogP contribution is -2.44. The molecule has 0 bridgehead atoms. The Morgan fingerprint density at radius 3 is 2.62 bits per heavy atom. The van der Waals surface area contributed by atoms with E-state index >= 15 is 0 Å². The molecule has 1 fully saturated rings. The maximum atomic E-state index is 13.9. The average Bonchev–Trinajstić information content (AvgIpc) is 3.52. The highest BCUT2D eigenvalue weighted by atomic mass is 32.1. The topological polar surface area (TPSA) is 98.7 Å². The number of allylic oxidation sites excluding steroid dienone is 1. The molecule has 0 amide bonds. The van der Waals surface area contributed by atoms with Gasteiger partial charge in [-0.05, 0) is 45.2 Å². The predicted octanol–water partition coefficient (Wildman–Crippen LogP) is 2.16. The zero-order valence-electron chi connectivity index (χ0n) is 22.7. The number of nitrogens with zero attached hydrogens (tertiary/aromatic N) is 4. The van der Waals surface area contributed by atoms with Crippen molar-refractivity contribution in [2.24, 2.45) is 4.99 Å². The van der Waals surface area contributed by atoms with Crippen LogP contribution in [0, 0.1) is 0 Å². The molecule has 1 saturated heterocycles. The van der Waals surface area contributed by atoms with Crippen molar-refractivity contribution in [2.75, 3.05) is 59.0 Å². The molecule has 0 spiro atoms. The number of aromatic nitrogens is 1. The molecule has 2 aliphatic heterocycles. The lowest BCUT2D eigenvalue weighted by molar-refractivity contribution is -0.139. The quantitative estimate of drug-likeness (QED) is 0.412. The molecule has 206 valence electrons. The van der Waals surface area contributed by atoms with Gasteiger partial charge in [0, 0.05) is 43.9 Å². The Hall–Kier alpha value is -3.83. The predicted molar refractivity (Wildman–Crippen MR) is 148 cm³/mol. The van der Waals surface area contributed by atoms with E-state index in [1.165, 1.54) is 15.9 Å². The number of benzene rings is 1. The molecule has 3 aromatic rings. The molecule has 0 unspecified atom stereocenters. The van der Waals surface area contributed by atoms with Gasteiger partial charge in [-0.1, -0.05) is 11.3 Å². The Balaban J connectivity index is 1.63. The normalized spacial score (nSPS) is 18.1. The summed E-state index contributed by atoms with van der Waals surface area (Å²) < 4.78 is 24.5. The fourth-order valence-corrected chi connectivity index (χ4v) is 5.91. The number of likely N-dealkylation sites (N-methyl/N-ethyl adjacent to an activating group) is 1. The molecule has 1 atom stereocenters. The lowest BCUT2D eigenvalue weighted by atomic mass is 9.95. The molecule has 5 rings (SSSR count). The zero-order chi connectivity index (χ0) is 27.7. The number of carbonyl (C=O) groups is 1. The Kier molecular flexibility index (Phi) is 7.62. The number of furan rings is 1. The maximum Gasteiger partial charge on any atom is 0.338 e. The molecule has 2 aliphatic rings. The number of carbonyl (C=O) groups excluding carboxylic acids is 1. The lowest BCUT2D eigenvalue weighted by Gasteiger charge is -2.32. The van der Waals surface area contributed by atoms with Crippen LogP contribution in [0.3, 0.4) is 0 Å². The number of hydrogen-bond acceptors (Lipinski definition) is 10. The second kappa shape index (κ2) is 11.1. The Labute approximate surface area is 230 Å². The van der Waals surface area contributed by atoms with Crippen molar-refractivity contribution in [1.82, 2.24) is 9.47 Å². The van der Waals surface area contributed by atoms with Crippen LogP contribution >= 0.6 is 11.3 Å². The van der Waals surface area contributed by atoms with Crippen LogP contribution in [0.4, 0.5) is 5.88 Å². The summed E-state index contributed by atoms with van der Waals surface area (Å²) in [5.41, 5.74) is 1.06. The molecule has 10 nitrogen and oxygen atoms in total. The molecule has 39 heavy (non-hydrogen) atoms. The molecule has 11 heteroatoms. The minimum atomic E-state index is -0.815. The summed E-state index contributed by atoms with van der Waals surface area (Å²) >= 11 is 1.24. The second-order valence-electron chi connectivity index (χ2n) is 9.38. The van der Waals surface area contributed by atoms with E-state index in [0.717, 1.165) is 32.1 Å². The van der Waals surface area contributed by atoms with Crippen molar-refractivity contribution in [1.29, 1.82) is 0 Å². The number of rotatable bonds is 7. The van der Waals surface area contributed by atoms with E-state index in [1.807, 2.05) is 12.1 Å². The highest BCUT2D eigenvalue weighted by Gasteiger charge is 2.35. The van der Waals surface area contributed by atoms with E-state index in [9.17, 15) is 9.59 Å². The van der Waals surface area contributed by atoms with Crippen LogP contribution in [0.5, 0.6) is 11.5 Å². The highest BCUT2D eigenvalue weighted by Crippen LogP contribution is 2.37. The third-order valence-corrected chi connectivity index (χ3v) is 7.93. The van der Waals surface area contributed by atoms with Crippen LogP contribution in [-0.4, -0.2) is 69.5 Å². The van der Waals surface area contributed by atoms with Crippen molar-refractivity contribution < 1.29 is 23.4 Å². The molecular formula is C28H32N4O6S. The number of ether oxygens (including phenoxy) is 3. The fourth-order valence-electron chi connectivity index (χ4n) is 4.88. The maximum absolute atomic E-state index is 13.9. The number of piperazine rings is 1. The molecular weight excluding hydrogens is 520 g/mol. The molecule has 4 heterocycles. The summed E-state index contributed by atoms with van der Waals surface area (Å²) in [7, 11) is 5.21. The summed E-state index contributed by atoms with van der Waals surface area (Å²) in [6.07, 6.45) is 1.73. The third-order valence-electron chi connectivity index (χ3n) is 6.95. The van der Waals surface area contributed by atoms with E-state index in [2.05, 4.69) is 21.8 Å². The van der Waals surface area contributed by atoms with Gasteiger partial charge in [-0.3, -0.25) is 9.36 Å².